The molecular weight excluding hydrogens is 239 g/mol. The fourth-order valence-electron chi connectivity index (χ4n) is 1.75. The van der Waals surface area contributed by atoms with Gasteiger partial charge in [0.1, 0.15) is 0 Å². The van der Waals surface area contributed by atoms with E-state index in [2.05, 4.69) is 4.98 Å². The van der Waals surface area contributed by atoms with E-state index in [-0.39, 0.29) is 0 Å². The summed E-state index contributed by atoms with van der Waals surface area (Å²) in [6, 6.07) is 7.58. The molecule has 1 nitrogen and oxygen atoms in total. The van der Waals surface area contributed by atoms with Gasteiger partial charge in [0.15, 0.2) is 0 Å². The predicted octanol–water partition coefficient (Wildman–Crippen LogP) is 4.38. The number of hydrogen-bond acceptors (Lipinski definition) is 1. The molecule has 2 rings (SSSR count). The largest absolute Gasteiger partial charge is 0.416 e. The average Bonchev–Trinajstić information content (AvgIpc) is 2.28. The summed E-state index contributed by atoms with van der Waals surface area (Å²) in [6.45, 7) is 3.49. The summed E-state index contributed by atoms with van der Waals surface area (Å²) < 4.78 is 38.1. The van der Waals surface area contributed by atoms with E-state index in [0.717, 1.165) is 17.8 Å². The van der Waals surface area contributed by atoms with Crippen molar-refractivity contribution in [3.63, 3.8) is 0 Å². The zero-order valence-electron chi connectivity index (χ0n) is 10.0. The van der Waals surface area contributed by atoms with E-state index in [1.807, 2.05) is 6.92 Å². The molecule has 0 radical (unpaired) electrons. The molecule has 1 aromatic carbocycles. The van der Waals surface area contributed by atoms with Crippen LogP contribution in [0.15, 0.2) is 36.5 Å². The zero-order valence-corrected chi connectivity index (χ0v) is 10.0. The van der Waals surface area contributed by atoms with Crippen molar-refractivity contribution < 1.29 is 13.2 Å². The van der Waals surface area contributed by atoms with Crippen LogP contribution in [0.5, 0.6) is 0 Å². The Balaban J connectivity index is 2.52. The van der Waals surface area contributed by atoms with Gasteiger partial charge in [-0.3, -0.25) is 4.98 Å². The summed E-state index contributed by atoms with van der Waals surface area (Å²) in [6.07, 6.45) is -2.73. The molecule has 0 N–H and O–H groups in total. The van der Waals surface area contributed by atoms with E-state index < -0.39 is 11.7 Å². The Morgan fingerprint density at radius 3 is 2.22 bits per heavy atom. The van der Waals surface area contributed by atoms with Crippen LogP contribution < -0.4 is 0 Å². The van der Waals surface area contributed by atoms with Gasteiger partial charge in [0.2, 0.25) is 0 Å². The van der Waals surface area contributed by atoms with E-state index in [1.54, 1.807) is 31.3 Å². The number of hydrogen-bond donors (Lipinski definition) is 0. The first kappa shape index (κ1) is 12.6. The van der Waals surface area contributed by atoms with Gasteiger partial charge < -0.3 is 0 Å². The van der Waals surface area contributed by atoms with Crippen molar-refractivity contribution in [2.24, 2.45) is 0 Å². The number of alkyl halides is 3. The van der Waals surface area contributed by atoms with Gasteiger partial charge in [-0.1, -0.05) is 12.1 Å². The first-order valence-corrected chi connectivity index (χ1v) is 5.48. The van der Waals surface area contributed by atoms with Crippen LogP contribution in [-0.2, 0) is 6.18 Å². The number of aromatic nitrogens is 1. The molecule has 1 aromatic heterocycles. The van der Waals surface area contributed by atoms with Gasteiger partial charge in [-0.15, -0.1) is 0 Å². The molecule has 0 spiro atoms. The highest BCUT2D eigenvalue weighted by Gasteiger charge is 2.30. The van der Waals surface area contributed by atoms with Crippen molar-refractivity contribution in [1.29, 1.82) is 0 Å². The minimum absolute atomic E-state index is 0.537. The summed E-state index contributed by atoms with van der Waals surface area (Å²) in [7, 11) is 0. The summed E-state index contributed by atoms with van der Waals surface area (Å²) in [5.74, 6) is 0. The standard InChI is InChI=1S/C14H12F3N/c1-9-5-12(7-13(6-9)14(15,16)17)11-4-3-10(2)18-8-11/h3-8H,1-2H3. The molecule has 18 heavy (non-hydrogen) atoms. The van der Waals surface area contributed by atoms with Crippen LogP contribution in [0.2, 0.25) is 0 Å². The van der Waals surface area contributed by atoms with Gasteiger partial charge in [0.05, 0.1) is 5.56 Å². The predicted molar refractivity (Wildman–Crippen MR) is 64.1 cm³/mol. The lowest BCUT2D eigenvalue weighted by Crippen LogP contribution is -2.05. The van der Waals surface area contributed by atoms with E-state index >= 15 is 0 Å². The average molecular weight is 251 g/mol. The smallest absolute Gasteiger partial charge is 0.261 e. The molecule has 0 saturated carbocycles. The molecule has 0 aliphatic carbocycles. The van der Waals surface area contributed by atoms with Crippen molar-refractivity contribution in [1.82, 2.24) is 4.98 Å². The second kappa shape index (κ2) is 4.44. The SMILES string of the molecule is Cc1cc(-c2ccc(C)nc2)cc(C(F)(F)F)c1. The lowest BCUT2D eigenvalue weighted by molar-refractivity contribution is -0.137. The summed E-state index contributed by atoms with van der Waals surface area (Å²) in [5, 5.41) is 0. The third-order valence-corrected chi connectivity index (χ3v) is 2.65. The Kier molecular flexibility index (Phi) is 3.11. The first-order chi connectivity index (χ1) is 8.36. The van der Waals surface area contributed by atoms with Crippen LogP contribution in [0.4, 0.5) is 13.2 Å². The Labute approximate surface area is 103 Å². The molecule has 2 aromatic rings. The Morgan fingerprint density at radius 1 is 0.944 bits per heavy atom. The molecule has 0 aliphatic rings. The molecule has 94 valence electrons. The molecule has 0 amide bonds. The second-order valence-corrected chi connectivity index (χ2v) is 4.27. The van der Waals surface area contributed by atoms with Crippen molar-refractivity contribution in [2.75, 3.05) is 0 Å². The fourth-order valence-corrected chi connectivity index (χ4v) is 1.75. The maximum Gasteiger partial charge on any atom is 0.416 e. The summed E-state index contributed by atoms with van der Waals surface area (Å²) in [5.41, 5.74) is 2.02. The summed E-state index contributed by atoms with van der Waals surface area (Å²) >= 11 is 0. The highest BCUT2D eigenvalue weighted by molar-refractivity contribution is 5.64. The summed E-state index contributed by atoms with van der Waals surface area (Å²) in [4.78, 5) is 4.10. The van der Waals surface area contributed by atoms with Gasteiger partial charge in [-0.25, -0.2) is 0 Å². The van der Waals surface area contributed by atoms with Crippen molar-refractivity contribution >= 4 is 0 Å². The molecule has 1 heterocycles. The van der Waals surface area contributed by atoms with Crippen molar-refractivity contribution in [2.45, 2.75) is 20.0 Å². The molecule has 0 bridgehead atoms. The number of nitrogens with zero attached hydrogens (tertiary/aromatic N) is 1. The lowest BCUT2D eigenvalue weighted by Gasteiger charge is -2.10. The van der Waals surface area contributed by atoms with Crippen LogP contribution in [-0.4, -0.2) is 4.98 Å². The Hall–Kier alpha value is -1.84. The van der Waals surface area contributed by atoms with Crippen LogP contribution in [0.3, 0.4) is 0 Å². The van der Waals surface area contributed by atoms with Gasteiger partial charge >= 0.3 is 6.18 Å². The number of rotatable bonds is 1. The van der Waals surface area contributed by atoms with E-state index in [9.17, 15) is 13.2 Å². The van der Waals surface area contributed by atoms with Crippen LogP contribution >= 0.6 is 0 Å². The third-order valence-electron chi connectivity index (χ3n) is 2.65. The molecule has 4 heteroatoms. The first-order valence-electron chi connectivity index (χ1n) is 5.48. The quantitative estimate of drug-likeness (QED) is 0.732. The molecule has 0 unspecified atom stereocenters. The van der Waals surface area contributed by atoms with Gasteiger partial charge in [0.25, 0.3) is 0 Å². The zero-order chi connectivity index (χ0) is 13.3. The lowest BCUT2D eigenvalue weighted by atomic mass is 10.0. The number of benzene rings is 1. The monoisotopic (exact) mass is 251 g/mol. The fraction of sp³-hybridized carbons (Fsp3) is 0.214. The normalized spacial score (nSPS) is 11.6. The van der Waals surface area contributed by atoms with Crippen molar-refractivity contribution in [3.05, 3.63) is 53.3 Å². The van der Waals surface area contributed by atoms with Gasteiger partial charge in [-0.05, 0) is 43.2 Å². The number of halogens is 3. The molecular formula is C14H12F3N. The van der Waals surface area contributed by atoms with E-state index in [4.69, 9.17) is 0 Å². The molecule has 0 saturated heterocycles. The van der Waals surface area contributed by atoms with E-state index in [1.165, 1.54) is 0 Å². The third kappa shape index (κ3) is 2.70. The number of aryl methyl sites for hydroxylation is 2. The highest BCUT2D eigenvalue weighted by Crippen LogP contribution is 2.33. The molecule has 0 aliphatic heterocycles. The maximum atomic E-state index is 12.7. The maximum absolute atomic E-state index is 12.7. The minimum Gasteiger partial charge on any atom is -0.261 e. The highest BCUT2D eigenvalue weighted by atomic mass is 19.4. The van der Waals surface area contributed by atoms with Gasteiger partial charge in [0, 0.05) is 17.5 Å². The number of pyridine rings is 1. The second-order valence-electron chi connectivity index (χ2n) is 4.27. The van der Waals surface area contributed by atoms with Crippen molar-refractivity contribution in [3.8, 4) is 11.1 Å². The van der Waals surface area contributed by atoms with Gasteiger partial charge in [-0.2, -0.15) is 13.2 Å². The van der Waals surface area contributed by atoms with Crippen LogP contribution in [0, 0.1) is 13.8 Å². The minimum atomic E-state index is -4.32. The van der Waals surface area contributed by atoms with E-state index in [0.29, 0.717) is 16.7 Å². The molecule has 0 atom stereocenters. The molecule has 0 fully saturated rings. The van der Waals surface area contributed by atoms with Crippen LogP contribution in [0.1, 0.15) is 16.8 Å². The Morgan fingerprint density at radius 2 is 1.67 bits per heavy atom. The Bertz CT molecular complexity index is 556. The topological polar surface area (TPSA) is 12.9 Å². The van der Waals surface area contributed by atoms with Crippen LogP contribution in [0.25, 0.3) is 11.1 Å².